The highest BCUT2D eigenvalue weighted by Crippen LogP contribution is 2.32. The van der Waals surface area contributed by atoms with Gasteiger partial charge in [0.1, 0.15) is 0 Å². The highest BCUT2D eigenvalue weighted by atomic mass is 32.2. The first-order valence-electron chi connectivity index (χ1n) is 8.28. The lowest BCUT2D eigenvalue weighted by Crippen LogP contribution is -2.48. The summed E-state index contributed by atoms with van der Waals surface area (Å²) >= 11 is 0. The Morgan fingerprint density at radius 2 is 1.63 bits per heavy atom. The van der Waals surface area contributed by atoms with Crippen molar-refractivity contribution in [3.8, 4) is 11.5 Å². The average Bonchev–Trinajstić information content (AvgIpc) is 3.10. The maximum absolute atomic E-state index is 11.8. The maximum atomic E-state index is 11.8. The molecule has 3 rings (SSSR count). The van der Waals surface area contributed by atoms with Crippen LogP contribution in [0.5, 0.6) is 11.5 Å². The summed E-state index contributed by atoms with van der Waals surface area (Å²) < 4.78 is 35.9. The van der Waals surface area contributed by atoms with Crippen molar-refractivity contribution in [2.75, 3.05) is 38.7 Å². The number of piperazine rings is 1. The molecule has 0 radical (unpaired) electrons. The largest absolute Gasteiger partial charge is 0.473 e. The van der Waals surface area contributed by atoms with Gasteiger partial charge < -0.3 is 19.7 Å². The van der Waals surface area contributed by atoms with E-state index in [1.807, 2.05) is 18.2 Å². The molecule has 0 saturated carbocycles. The molecule has 1 saturated heterocycles. The van der Waals surface area contributed by atoms with Crippen LogP contribution in [0.3, 0.4) is 0 Å². The first-order chi connectivity index (χ1) is 12.7. The molecule has 0 aromatic heterocycles. The Labute approximate surface area is 156 Å². The van der Waals surface area contributed by atoms with Gasteiger partial charge >= 0.3 is 11.9 Å². The molecule has 27 heavy (non-hydrogen) atoms. The topological polar surface area (TPSA) is 134 Å². The van der Waals surface area contributed by atoms with Crippen LogP contribution in [0.1, 0.15) is 12.5 Å². The number of rotatable bonds is 4. The fraction of sp³-hybridized carbons (Fsp3) is 0.500. The molecule has 10 nitrogen and oxygen atoms in total. The van der Waals surface area contributed by atoms with Crippen LogP contribution in [0.15, 0.2) is 18.2 Å². The number of fused-ring (bicyclic) bond motifs is 1. The molecule has 11 heteroatoms. The Morgan fingerprint density at radius 1 is 1.04 bits per heavy atom. The third-order valence-electron chi connectivity index (χ3n) is 4.12. The summed E-state index contributed by atoms with van der Waals surface area (Å²) in [4.78, 5) is 20.5. The van der Waals surface area contributed by atoms with Crippen molar-refractivity contribution in [1.82, 2.24) is 9.21 Å². The highest BCUT2D eigenvalue weighted by molar-refractivity contribution is 7.89. The summed E-state index contributed by atoms with van der Waals surface area (Å²) in [5.74, 6) is -1.89. The monoisotopic (exact) mass is 402 g/mol. The van der Waals surface area contributed by atoms with Crippen molar-refractivity contribution in [1.29, 1.82) is 0 Å². The smallest absolute Gasteiger partial charge is 0.414 e. The number of hydrogen-bond donors (Lipinski definition) is 2. The molecule has 0 amide bonds. The van der Waals surface area contributed by atoms with Gasteiger partial charge in [-0.1, -0.05) is 6.07 Å². The van der Waals surface area contributed by atoms with Crippen LogP contribution >= 0.6 is 0 Å². The molecule has 0 spiro atoms. The average molecular weight is 402 g/mol. The van der Waals surface area contributed by atoms with Gasteiger partial charge in [0, 0.05) is 32.7 Å². The van der Waals surface area contributed by atoms with E-state index in [1.165, 1.54) is 0 Å². The molecule has 1 fully saturated rings. The van der Waals surface area contributed by atoms with Crippen LogP contribution in [0, 0.1) is 0 Å². The summed E-state index contributed by atoms with van der Waals surface area (Å²) in [5, 5.41) is 14.8. The van der Waals surface area contributed by atoms with E-state index < -0.39 is 22.0 Å². The minimum absolute atomic E-state index is 0.176. The summed E-state index contributed by atoms with van der Waals surface area (Å²) in [7, 11) is -3.06. The number of carbonyl (C=O) groups is 2. The van der Waals surface area contributed by atoms with Crippen molar-refractivity contribution < 1.29 is 37.7 Å². The van der Waals surface area contributed by atoms with Crippen LogP contribution in [0.2, 0.25) is 0 Å². The Hall–Kier alpha value is -2.37. The van der Waals surface area contributed by atoms with Gasteiger partial charge in [0.2, 0.25) is 16.8 Å². The third kappa shape index (κ3) is 5.81. The quantitative estimate of drug-likeness (QED) is 0.669. The van der Waals surface area contributed by atoms with Crippen LogP contribution < -0.4 is 9.47 Å². The number of aliphatic carboxylic acids is 2. The minimum atomic E-state index is -3.06. The molecule has 0 aliphatic carbocycles. The summed E-state index contributed by atoms with van der Waals surface area (Å²) in [5.41, 5.74) is 1.16. The Bertz CT molecular complexity index is 776. The standard InChI is InChI=1S/C14H20N2O4S.C2H2O4/c1-2-21(17,18)16-7-5-15(6-8-16)10-12-3-4-13-14(9-12)20-11-19-13;3-1(4)2(5)6/h3-4,9H,2,5-8,10-11H2,1H3;(H,3,4)(H,5,6). The zero-order chi connectivity index (χ0) is 20.0. The van der Waals surface area contributed by atoms with Crippen molar-refractivity contribution in [2.45, 2.75) is 13.5 Å². The number of carboxylic acid groups (broad SMARTS) is 2. The lowest BCUT2D eigenvalue weighted by Gasteiger charge is -2.33. The van der Waals surface area contributed by atoms with Crippen molar-refractivity contribution >= 4 is 22.0 Å². The van der Waals surface area contributed by atoms with E-state index in [0.29, 0.717) is 13.1 Å². The number of nitrogens with zero attached hydrogens (tertiary/aromatic N) is 2. The van der Waals surface area contributed by atoms with Gasteiger partial charge in [-0.3, -0.25) is 4.90 Å². The van der Waals surface area contributed by atoms with Gasteiger partial charge in [-0.05, 0) is 24.6 Å². The van der Waals surface area contributed by atoms with E-state index in [4.69, 9.17) is 29.3 Å². The second kappa shape index (κ2) is 9.02. The zero-order valence-corrected chi connectivity index (χ0v) is 15.6. The second-order valence-corrected chi connectivity index (χ2v) is 8.13. The summed E-state index contributed by atoms with van der Waals surface area (Å²) in [6.45, 7) is 5.43. The van der Waals surface area contributed by atoms with Crippen LogP contribution in [-0.4, -0.2) is 78.5 Å². The number of sulfonamides is 1. The molecular weight excluding hydrogens is 380 g/mol. The van der Waals surface area contributed by atoms with Gasteiger partial charge in [0.25, 0.3) is 0 Å². The van der Waals surface area contributed by atoms with Gasteiger partial charge in [0.05, 0.1) is 5.75 Å². The van der Waals surface area contributed by atoms with Gasteiger partial charge in [-0.2, -0.15) is 4.31 Å². The molecule has 150 valence electrons. The van der Waals surface area contributed by atoms with Gasteiger partial charge in [0.15, 0.2) is 11.5 Å². The molecule has 0 bridgehead atoms. The van der Waals surface area contributed by atoms with Crippen molar-refractivity contribution in [2.24, 2.45) is 0 Å². The molecule has 2 aliphatic heterocycles. The van der Waals surface area contributed by atoms with Gasteiger partial charge in [-0.25, -0.2) is 18.0 Å². The van der Waals surface area contributed by atoms with Crippen LogP contribution in [-0.2, 0) is 26.2 Å². The summed E-state index contributed by atoms with van der Waals surface area (Å²) in [6.07, 6.45) is 0. The van der Waals surface area contributed by atoms with Crippen molar-refractivity contribution in [3.63, 3.8) is 0 Å². The van der Waals surface area contributed by atoms with Crippen LogP contribution in [0.25, 0.3) is 0 Å². The molecular formula is C16H22N2O8S. The lowest BCUT2D eigenvalue weighted by molar-refractivity contribution is -0.159. The van der Waals surface area contributed by atoms with E-state index in [9.17, 15) is 8.42 Å². The highest BCUT2D eigenvalue weighted by Gasteiger charge is 2.25. The van der Waals surface area contributed by atoms with E-state index >= 15 is 0 Å². The number of benzene rings is 1. The van der Waals surface area contributed by atoms with Crippen LogP contribution in [0.4, 0.5) is 0 Å². The third-order valence-corrected chi connectivity index (χ3v) is 6.00. The molecule has 2 N–H and O–H groups in total. The lowest BCUT2D eigenvalue weighted by atomic mass is 10.2. The van der Waals surface area contributed by atoms with Crippen molar-refractivity contribution in [3.05, 3.63) is 23.8 Å². The fourth-order valence-electron chi connectivity index (χ4n) is 2.65. The SMILES string of the molecule is CCS(=O)(=O)N1CCN(Cc2ccc3c(c2)OCO3)CC1.O=C(O)C(=O)O. The molecule has 2 aliphatic rings. The number of hydrogen-bond acceptors (Lipinski definition) is 7. The number of carboxylic acids is 2. The normalized spacial score (nSPS) is 17.1. The predicted octanol–water partition coefficient (Wildman–Crippen LogP) is 0.0382. The Balaban J connectivity index is 0.000000380. The summed E-state index contributed by atoms with van der Waals surface area (Å²) in [6, 6.07) is 5.95. The maximum Gasteiger partial charge on any atom is 0.414 e. The second-order valence-electron chi connectivity index (χ2n) is 5.87. The molecule has 0 atom stereocenters. The first-order valence-corrected chi connectivity index (χ1v) is 9.88. The number of ether oxygens (including phenoxy) is 2. The zero-order valence-electron chi connectivity index (χ0n) is 14.8. The molecule has 0 unspecified atom stereocenters. The van der Waals surface area contributed by atoms with E-state index in [0.717, 1.165) is 36.7 Å². The van der Waals surface area contributed by atoms with E-state index in [1.54, 1.807) is 11.2 Å². The minimum Gasteiger partial charge on any atom is -0.473 e. The first kappa shape index (κ1) is 20.9. The molecule has 1 aromatic rings. The van der Waals surface area contributed by atoms with E-state index in [-0.39, 0.29) is 12.5 Å². The molecule has 1 aromatic carbocycles. The Kier molecular flexibility index (Phi) is 6.99. The fourth-order valence-corrected chi connectivity index (χ4v) is 3.73. The predicted molar refractivity (Wildman–Crippen MR) is 94.1 cm³/mol. The molecule has 2 heterocycles. The van der Waals surface area contributed by atoms with E-state index in [2.05, 4.69) is 4.90 Å². The van der Waals surface area contributed by atoms with Gasteiger partial charge in [-0.15, -0.1) is 0 Å². The Morgan fingerprint density at radius 3 is 2.19 bits per heavy atom.